The van der Waals surface area contributed by atoms with Crippen LogP contribution in [0.1, 0.15) is 35.9 Å². The topological polar surface area (TPSA) is 127 Å². The fraction of sp³-hybridized carbons (Fsp3) is 0.455. The molecule has 3 N–H and O–H groups in total. The quantitative estimate of drug-likeness (QED) is 0.587. The van der Waals surface area contributed by atoms with Crippen molar-refractivity contribution in [1.29, 1.82) is 0 Å². The number of carbonyl (C=O) groups is 3. The molecule has 11 heteroatoms. The van der Waals surface area contributed by atoms with Gasteiger partial charge in [0.05, 0.1) is 25.9 Å². The highest BCUT2D eigenvalue weighted by molar-refractivity contribution is 7.17. The van der Waals surface area contributed by atoms with Gasteiger partial charge in [-0.2, -0.15) is 0 Å². The summed E-state index contributed by atoms with van der Waals surface area (Å²) in [5.74, 6) is -0.504. The van der Waals surface area contributed by atoms with Crippen molar-refractivity contribution < 1.29 is 23.9 Å². The lowest BCUT2D eigenvalue weighted by molar-refractivity contribution is -0.145. The van der Waals surface area contributed by atoms with Crippen molar-refractivity contribution in [2.75, 3.05) is 41.8 Å². The second-order valence-corrected chi connectivity index (χ2v) is 8.92. The number of carbonyl (C=O) groups excluding carboxylic acids is 3. The monoisotopic (exact) mass is 473 g/mol. The number of nitrogens with zero attached hydrogens (tertiary/aromatic N) is 3. The first-order chi connectivity index (χ1) is 16.0. The Bertz CT molecular complexity index is 1010. The first-order valence-electron chi connectivity index (χ1n) is 11.0. The normalized spacial score (nSPS) is 20.5. The summed E-state index contributed by atoms with van der Waals surface area (Å²) in [7, 11) is 0. The molecule has 2 saturated heterocycles. The lowest BCUT2D eigenvalue weighted by Gasteiger charge is -2.36. The van der Waals surface area contributed by atoms with Crippen molar-refractivity contribution in [3.8, 4) is 0 Å². The summed E-state index contributed by atoms with van der Waals surface area (Å²) < 4.78 is 10.6. The van der Waals surface area contributed by atoms with Gasteiger partial charge in [0.25, 0.3) is 5.91 Å². The first-order valence-corrected chi connectivity index (χ1v) is 11.8. The molecule has 0 aliphatic carbocycles. The summed E-state index contributed by atoms with van der Waals surface area (Å²) in [5, 5.41) is 3.07. The Morgan fingerprint density at radius 3 is 2.73 bits per heavy atom. The third-order valence-corrected chi connectivity index (χ3v) is 6.49. The molecule has 0 radical (unpaired) electrons. The highest BCUT2D eigenvalue weighted by Crippen LogP contribution is 2.29. The summed E-state index contributed by atoms with van der Waals surface area (Å²) >= 11 is 1.10. The number of cyclic esters (lactones) is 1. The minimum atomic E-state index is -0.471. The third kappa shape index (κ3) is 5.19. The molecule has 2 aliphatic heterocycles. The van der Waals surface area contributed by atoms with E-state index in [9.17, 15) is 14.4 Å². The van der Waals surface area contributed by atoms with Gasteiger partial charge < -0.3 is 25.4 Å². The van der Waals surface area contributed by atoms with Gasteiger partial charge in [0, 0.05) is 17.9 Å². The number of ether oxygens (including phenoxy) is 2. The molecular formula is C22H27N5O5S. The minimum absolute atomic E-state index is 0.186. The SMILES string of the molecule is CCOC(=O)C1CCCCN1c1ccc(N2C[C@@H](CNC(=O)c3cnc(N)s3)OC2=O)cc1. The average molecular weight is 474 g/mol. The van der Waals surface area contributed by atoms with E-state index >= 15 is 0 Å². The van der Waals surface area contributed by atoms with Crippen LogP contribution in [0.3, 0.4) is 0 Å². The molecule has 10 nitrogen and oxygen atoms in total. The zero-order valence-electron chi connectivity index (χ0n) is 18.4. The molecule has 0 spiro atoms. The van der Waals surface area contributed by atoms with Crippen LogP contribution in [0.15, 0.2) is 30.5 Å². The summed E-state index contributed by atoms with van der Waals surface area (Å²) in [6.07, 6.45) is 3.25. The van der Waals surface area contributed by atoms with Gasteiger partial charge in [0.2, 0.25) is 0 Å². The number of thiazole rings is 1. The van der Waals surface area contributed by atoms with E-state index in [1.807, 2.05) is 31.2 Å². The molecule has 2 aliphatic rings. The maximum absolute atomic E-state index is 12.4. The van der Waals surface area contributed by atoms with Crippen LogP contribution in [0.25, 0.3) is 0 Å². The van der Waals surface area contributed by atoms with Crippen LogP contribution in [0.4, 0.5) is 21.3 Å². The molecule has 4 rings (SSSR count). The molecule has 1 aromatic carbocycles. The maximum atomic E-state index is 12.4. The molecule has 2 fully saturated rings. The average Bonchev–Trinajstić information content (AvgIpc) is 3.43. The second-order valence-electron chi connectivity index (χ2n) is 7.86. The van der Waals surface area contributed by atoms with E-state index in [1.54, 1.807) is 0 Å². The van der Waals surface area contributed by atoms with Gasteiger partial charge in [-0.15, -0.1) is 0 Å². The van der Waals surface area contributed by atoms with Crippen molar-refractivity contribution in [1.82, 2.24) is 10.3 Å². The maximum Gasteiger partial charge on any atom is 0.414 e. The third-order valence-electron chi connectivity index (χ3n) is 5.67. The Hall–Kier alpha value is -3.34. The number of nitrogens with two attached hydrogens (primary N) is 1. The molecule has 0 bridgehead atoms. The van der Waals surface area contributed by atoms with Gasteiger partial charge in [-0.3, -0.25) is 9.69 Å². The van der Waals surface area contributed by atoms with Gasteiger partial charge >= 0.3 is 12.1 Å². The smallest absolute Gasteiger partial charge is 0.414 e. The first kappa shape index (κ1) is 22.8. The standard InChI is InChI=1S/C22H27N5O5S/c1-2-31-20(29)17-5-3-4-10-26(17)14-6-8-15(9-7-14)27-13-16(32-22(27)30)11-24-19(28)18-12-25-21(23)33-18/h6-9,12,16-17H,2-5,10-11,13H2,1H3,(H2,23,25)(H,24,28)/t16-,17?/m1/s1. The summed E-state index contributed by atoms with van der Waals surface area (Å²) in [4.78, 5) is 44.8. The highest BCUT2D eigenvalue weighted by atomic mass is 32.1. The van der Waals surface area contributed by atoms with E-state index in [2.05, 4.69) is 15.2 Å². The molecule has 176 valence electrons. The van der Waals surface area contributed by atoms with Gasteiger partial charge in [-0.05, 0) is 50.5 Å². The van der Waals surface area contributed by atoms with E-state index in [-0.39, 0.29) is 24.5 Å². The van der Waals surface area contributed by atoms with Crippen molar-refractivity contribution in [2.45, 2.75) is 38.3 Å². The number of aromatic nitrogens is 1. The molecule has 3 heterocycles. The van der Waals surface area contributed by atoms with Gasteiger partial charge in [0.1, 0.15) is 17.0 Å². The van der Waals surface area contributed by atoms with E-state index in [4.69, 9.17) is 15.2 Å². The zero-order valence-corrected chi connectivity index (χ0v) is 19.2. The number of rotatable bonds is 7. The number of piperidine rings is 1. The largest absolute Gasteiger partial charge is 0.464 e. The lowest BCUT2D eigenvalue weighted by atomic mass is 10.0. The van der Waals surface area contributed by atoms with E-state index in [1.165, 1.54) is 11.1 Å². The summed E-state index contributed by atoms with van der Waals surface area (Å²) in [5.41, 5.74) is 7.16. The summed E-state index contributed by atoms with van der Waals surface area (Å²) in [6.45, 7) is 3.45. The molecule has 2 aromatic rings. The van der Waals surface area contributed by atoms with Crippen LogP contribution >= 0.6 is 11.3 Å². The molecule has 1 aromatic heterocycles. The van der Waals surface area contributed by atoms with Crippen LogP contribution < -0.4 is 20.9 Å². The van der Waals surface area contributed by atoms with Crippen LogP contribution in [0.2, 0.25) is 0 Å². The molecule has 1 unspecified atom stereocenters. The number of nitrogens with one attached hydrogen (secondary N) is 1. The molecule has 2 amide bonds. The van der Waals surface area contributed by atoms with Gasteiger partial charge in [-0.1, -0.05) is 11.3 Å². The van der Waals surface area contributed by atoms with Crippen molar-refractivity contribution in [3.05, 3.63) is 35.3 Å². The Morgan fingerprint density at radius 1 is 1.27 bits per heavy atom. The molecule has 2 atom stereocenters. The van der Waals surface area contributed by atoms with Crippen molar-refractivity contribution in [2.24, 2.45) is 0 Å². The number of anilines is 3. The molecule has 33 heavy (non-hydrogen) atoms. The van der Waals surface area contributed by atoms with Crippen molar-refractivity contribution >= 4 is 45.8 Å². The number of amides is 2. The van der Waals surface area contributed by atoms with E-state index < -0.39 is 12.2 Å². The van der Waals surface area contributed by atoms with Crippen LogP contribution in [-0.4, -0.2) is 61.3 Å². The minimum Gasteiger partial charge on any atom is -0.464 e. The number of hydrogen-bond acceptors (Lipinski definition) is 9. The van der Waals surface area contributed by atoms with Crippen molar-refractivity contribution in [3.63, 3.8) is 0 Å². The Labute approximate surface area is 195 Å². The predicted molar refractivity (Wildman–Crippen MR) is 125 cm³/mol. The van der Waals surface area contributed by atoms with Gasteiger partial charge in [0.15, 0.2) is 5.13 Å². The van der Waals surface area contributed by atoms with E-state index in [0.29, 0.717) is 28.8 Å². The fourth-order valence-corrected chi connectivity index (χ4v) is 4.67. The number of esters is 1. The Morgan fingerprint density at radius 2 is 2.03 bits per heavy atom. The zero-order chi connectivity index (χ0) is 23.4. The number of hydrogen-bond donors (Lipinski definition) is 2. The second kappa shape index (κ2) is 10.1. The molecular weight excluding hydrogens is 446 g/mol. The summed E-state index contributed by atoms with van der Waals surface area (Å²) in [6, 6.07) is 7.21. The van der Waals surface area contributed by atoms with Crippen LogP contribution in [0.5, 0.6) is 0 Å². The number of benzene rings is 1. The van der Waals surface area contributed by atoms with Crippen LogP contribution in [-0.2, 0) is 14.3 Å². The molecule has 0 saturated carbocycles. The Kier molecular flexibility index (Phi) is 6.97. The van der Waals surface area contributed by atoms with Gasteiger partial charge in [-0.25, -0.2) is 14.6 Å². The number of nitrogen functional groups attached to an aromatic ring is 1. The van der Waals surface area contributed by atoms with E-state index in [0.717, 1.165) is 42.8 Å². The predicted octanol–water partition coefficient (Wildman–Crippen LogP) is 2.40. The van der Waals surface area contributed by atoms with Crippen LogP contribution in [0, 0.1) is 0 Å². The fourth-order valence-electron chi connectivity index (χ4n) is 4.07. The lowest BCUT2D eigenvalue weighted by Crippen LogP contribution is -2.45. The Balaban J connectivity index is 1.36. The highest BCUT2D eigenvalue weighted by Gasteiger charge is 2.33.